The summed E-state index contributed by atoms with van der Waals surface area (Å²) in [6.07, 6.45) is 5.79. The van der Waals surface area contributed by atoms with Crippen LogP contribution in [0.3, 0.4) is 0 Å². The molecule has 104 valence electrons. The van der Waals surface area contributed by atoms with Crippen molar-refractivity contribution >= 4 is 21.8 Å². The van der Waals surface area contributed by atoms with Gasteiger partial charge in [-0.05, 0) is 48.0 Å². The summed E-state index contributed by atoms with van der Waals surface area (Å²) in [5, 5.41) is 9.99. The predicted molar refractivity (Wildman–Crippen MR) is 74.2 cm³/mol. The molecule has 3 rings (SSSR count). The summed E-state index contributed by atoms with van der Waals surface area (Å²) in [6, 6.07) is 0. The molecule has 0 aromatic carbocycles. The maximum absolute atomic E-state index is 12.0. The molecule has 0 radical (unpaired) electrons. The van der Waals surface area contributed by atoms with E-state index in [1.165, 1.54) is 12.8 Å². The number of hydrogen-bond donors (Lipinski definition) is 2. The normalized spacial score (nSPS) is 22.7. The first kappa shape index (κ1) is 13.1. The molecule has 1 atom stereocenters. The van der Waals surface area contributed by atoms with Crippen LogP contribution in [0.4, 0.5) is 0 Å². The Morgan fingerprint density at radius 1 is 1.47 bits per heavy atom. The molecule has 0 spiro atoms. The largest absolute Gasteiger partial charge is 0.378 e. The van der Waals surface area contributed by atoms with Gasteiger partial charge in [-0.15, -0.1) is 0 Å². The number of rotatable bonds is 5. The molecule has 2 N–H and O–H groups in total. The van der Waals surface area contributed by atoms with Crippen LogP contribution in [-0.4, -0.2) is 35.4 Å². The van der Waals surface area contributed by atoms with E-state index in [2.05, 4.69) is 31.4 Å². The molecule has 1 aromatic rings. The lowest BCUT2D eigenvalue weighted by Gasteiger charge is -2.09. The van der Waals surface area contributed by atoms with Crippen molar-refractivity contribution in [3.63, 3.8) is 0 Å². The molecule has 0 bridgehead atoms. The number of nitrogens with zero attached hydrogens (tertiary/aromatic N) is 1. The first-order valence-corrected chi connectivity index (χ1v) is 7.68. The van der Waals surface area contributed by atoms with Crippen LogP contribution in [0.1, 0.15) is 54.2 Å². The van der Waals surface area contributed by atoms with Gasteiger partial charge < -0.3 is 10.1 Å². The van der Waals surface area contributed by atoms with Gasteiger partial charge in [-0.3, -0.25) is 9.89 Å². The number of nitrogens with one attached hydrogen (secondary N) is 2. The topological polar surface area (TPSA) is 67.0 Å². The summed E-state index contributed by atoms with van der Waals surface area (Å²) in [7, 11) is 0. The van der Waals surface area contributed by atoms with Crippen molar-refractivity contribution in [2.24, 2.45) is 0 Å². The molecule has 1 saturated heterocycles. The highest BCUT2D eigenvalue weighted by atomic mass is 79.9. The van der Waals surface area contributed by atoms with Crippen molar-refractivity contribution in [3.05, 3.63) is 15.9 Å². The van der Waals surface area contributed by atoms with Crippen LogP contribution >= 0.6 is 15.9 Å². The Labute approximate surface area is 120 Å². The zero-order valence-electron chi connectivity index (χ0n) is 10.7. The fourth-order valence-corrected chi connectivity index (χ4v) is 3.12. The van der Waals surface area contributed by atoms with Crippen LogP contribution in [-0.2, 0) is 4.74 Å². The zero-order chi connectivity index (χ0) is 13.2. The van der Waals surface area contributed by atoms with Gasteiger partial charge >= 0.3 is 0 Å². The number of halogens is 1. The van der Waals surface area contributed by atoms with Gasteiger partial charge in [0.25, 0.3) is 5.91 Å². The minimum atomic E-state index is -0.118. The van der Waals surface area contributed by atoms with E-state index in [4.69, 9.17) is 4.74 Å². The molecule has 1 amide bonds. The molecule has 19 heavy (non-hydrogen) atoms. The Morgan fingerprint density at radius 3 is 3.00 bits per heavy atom. The van der Waals surface area contributed by atoms with Gasteiger partial charge in [0, 0.05) is 19.1 Å². The Bertz CT molecular complexity index is 464. The molecule has 5 nitrogen and oxygen atoms in total. The number of carbonyl (C=O) groups excluding carboxylic acids is 1. The third-order valence-electron chi connectivity index (χ3n) is 3.71. The number of aromatic amines is 1. The molecule has 1 aromatic heterocycles. The summed E-state index contributed by atoms with van der Waals surface area (Å²) < 4.78 is 6.35. The van der Waals surface area contributed by atoms with Crippen LogP contribution in [0.15, 0.2) is 4.47 Å². The average Bonchev–Trinajstić information content (AvgIpc) is 2.96. The van der Waals surface area contributed by atoms with E-state index >= 15 is 0 Å². The summed E-state index contributed by atoms with van der Waals surface area (Å²) >= 11 is 3.47. The lowest BCUT2D eigenvalue weighted by molar-refractivity contribution is 0.0902. The molecule has 2 heterocycles. The maximum atomic E-state index is 12.0. The van der Waals surface area contributed by atoms with Crippen LogP contribution in [0.5, 0.6) is 0 Å². The van der Waals surface area contributed by atoms with Gasteiger partial charge in [0.2, 0.25) is 0 Å². The van der Waals surface area contributed by atoms with Crippen molar-refractivity contribution in [2.45, 2.75) is 44.1 Å². The third kappa shape index (κ3) is 3.00. The maximum Gasteiger partial charge on any atom is 0.272 e. The van der Waals surface area contributed by atoms with Crippen LogP contribution in [0, 0.1) is 0 Å². The molecular formula is C13H18BrN3O2. The van der Waals surface area contributed by atoms with Crippen molar-refractivity contribution < 1.29 is 9.53 Å². The average molecular weight is 328 g/mol. The lowest BCUT2D eigenvalue weighted by atomic mass is 10.2. The van der Waals surface area contributed by atoms with E-state index in [-0.39, 0.29) is 5.91 Å². The molecule has 0 unspecified atom stereocenters. The second kappa shape index (κ2) is 5.63. The second-order valence-corrected chi connectivity index (χ2v) is 6.05. The van der Waals surface area contributed by atoms with Crippen molar-refractivity contribution in [1.29, 1.82) is 0 Å². The fourth-order valence-electron chi connectivity index (χ4n) is 2.44. The molecule has 1 aliphatic carbocycles. The number of ether oxygens (including phenoxy) is 1. The quantitative estimate of drug-likeness (QED) is 0.872. The summed E-state index contributed by atoms with van der Waals surface area (Å²) in [4.78, 5) is 12.0. The Balaban J connectivity index is 1.51. The second-order valence-electron chi connectivity index (χ2n) is 5.25. The van der Waals surface area contributed by atoms with Crippen molar-refractivity contribution in [3.8, 4) is 0 Å². The monoisotopic (exact) mass is 327 g/mol. The summed E-state index contributed by atoms with van der Waals surface area (Å²) in [6.45, 7) is 1.50. The number of aromatic nitrogens is 2. The number of H-pyrrole nitrogens is 1. The SMILES string of the molecule is O=C(NCC[C@H]1CCCO1)c1n[nH]c(C2CC2)c1Br. The van der Waals surface area contributed by atoms with Gasteiger partial charge in [-0.25, -0.2) is 0 Å². The van der Waals surface area contributed by atoms with E-state index in [0.717, 1.165) is 36.0 Å². The van der Waals surface area contributed by atoms with Crippen LogP contribution in [0.25, 0.3) is 0 Å². The number of amides is 1. The minimum Gasteiger partial charge on any atom is -0.378 e. The molecule has 1 aliphatic heterocycles. The number of hydrogen-bond acceptors (Lipinski definition) is 3. The van der Waals surface area contributed by atoms with Gasteiger partial charge in [-0.1, -0.05) is 0 Å². The number of carbonyl (C=O) groups is 1. The van der Waals surface area contributed by atoms with Crippen molar-refractivity contribution in [2.75, 3.05) is 13.2 Å². The first-order valence-electron chi connectivity index (χ1n) is 6.89. The smallest absolute Gasteiger partial charge is 0.272 e. The highest BCUT2D eigenvalue weighted by Gasteiger charge is 2.30. The molecular weight excluding hydrogens is 310 g/mol. The lowest BCUT2D eigenvalue weighted by Crippen LogP contribution is -2.27. The highest BCUT2D eigenvalue weighted by molar-refractivity contribution is 9.10. The Morgan fingerprint density at radius 2 is 2.32 bits per heavy atom. The van der Waals surface area contributed by atoms with Crippen molar-refractivity contribution in [1.82, 2.24) is 15.5 Å². The fraction of sp³-hybridized carbons (Fsp3) is 0.692. The van der Waals surface area contributed by atoms with Crippen LogP contribution < -0.4 is 5.32 Å². The predicted octanol–water partition coefficient (Wildman–Crippen LogP) is 2.35. The van der Waals surface area contributed by atoms with E-state index in [9.17, 15) is 4.79 Å². The molecule has 1 saturated carbocycles. The zero-order valence-corrected chi connectivity index (χ0v) is 12.3. The Hall–Kier alpha value is -0.880. The van der Waals surface area contributed by atoms with Gasteiger partial charge in [0.1, 0.15) is 0 Å². The summed E-state index contributed by atoms with van der Waals surface area (Å²) in [5.74, 6) is 0.434. The standard InChI is InChI=1S/C13H18BrN3O2/c14-10-11(8-3-4-8)16-17-12(10)13(18)15-6-5-9-2-1-7-19-9/h8-9H,1-7H2,(H,15,18)(H,16,17)/t9-/m1/s1. The summed E-state index contributed by atoms with van der Waals surface area (Å²) in [5.41, 5.74) is 1.53. The third-order valence-corrected chi connectivity index (χ3v) is 4.51. The van der Waals surface area contributed by atoms with Gasteiger partial charge in [0.05, 0.1) is 16.3 Å². The van der Waals surface area contributed by atoms with Crippen LogP contribution in [0.2, 0.25) is 0 Å². The first-order chi connectivity index (χ1) is 9.25. The molecule has 2 fully saturated rings. The van der Waals surface area contributed by atoms with Gasteiger partial charge in [0.15, 0.2) is 5.69 Å². The molecule has 2 aliphatic rings. The Kier molecular flexibility index (Phi) is 3.88. The van der Waals surface area contributed by atoms with E-state index in [1.54, 1.807) is 0 Å². The molecule has 6 heteroatoms. The minimum absolute atomic E-state index is 0.118. The van der Waals surface area contributed by atoms with E-state index < -0.39 is 0 Å². The van der Waals surface area contributed by atoms with E-state index in [1.807, 2.05) is 0 Å². The van der Waals surface area contributed by atoms with Gasteiger partial charge in [-0.2, -0.15) is 5.10 Å². The highest BCUT2D eigenvalue weighted by Crippen LogP contribution is 2.42. The van der Waals surface area contributed by atoms with E-state index in [0.29, 0.717) is 24.3 Å².